The van der Waals surface area contributed by atoms with Crippen molar-refractivity contribution in [2.24, 2.45) is 0 Å². The molecule has 1 N–H and O–H groups in total. The van der Waals surface area contributed by atoms with Crippen molar-refractivity contribution in [2.75, 3.05) is 5.32 Å². The van der Waals surface area contributed by atoms with E-state index >= 15 is 0 Å². The molecule has 120 valence electrons. The number of nitrogens with one attached hydrogen (secondary N) is 1. The van der Waals surface area contributed by atoms with Gasteiger partial charge in [0, 0.05) is 17.8 Å². The molecular formula is C17H18N2O4. The first kappa shape index (κ1) is 16.5. The third-order valence-corrected chi connectivity index (χ3v) is 3.45. The number of hydrogen-bond acceptors (Lipinski definition) is 4. The molecular weight excluding hydrogens is 296 g/mol. The first-order valence-electron chi connectivity index (χ1n) is 7.16. The highest BCUT2D eigenvalue weighted by Crippen LogP contribution is 2.22. The molecule has 0 heterocycles. The number of benzene rings is 2. The minimum Gasteiger partial charge on any atom is -0.481 e. The van der Waals surface area contributed by atoms with E-state index in [9.17, 15) is 14.9 Å². The first-order valence-corrected chi connectivity index (χ1v) is 7.16. The van der Waals surface area contributed by atoms with Crippen LogP contribution in [0.2, 0.25) is 0 Å². The van der Waals surface area contributed by atoms with Crippen LogP contribution in [0.5, 0.6) is 5.75 Å². The van der Waals surface area contributed by atoms with Gasteiger partial charge in [-0.3, -0.25) is 14.9 Å². The Bertz CT molecular complexity index is 743. The number of ether oxygens (including phenoxy) is 1. The van der Waals surface area contributed by atoms with Gasteiger partial charge in [-0.05, 0) is 44.0 Å². The van der Waals surface area contributed by atoms with E-state index in [-0.39, 0.29) is 11.6 Å². The number of nitrogens with zero attached hydrogens (tertiary/aromatic N) is 1. The molecule has 2 rings (SSSR count). The number of aryl methyl sites for hydroxylation is 2. The quantitative estimate of drug-likeness (QED) is 0.675. The summed E-state index contributed by atoms with van der Waals surface area (Å²) in [6.45, 7) is 5.26. The molecule has 6 heteroatoms. The molecule has 1 atom stereocenters. The lowest BCUT2D eigenvalue weighted by Crippen LogP contribution is -2.30. The van der Waals surface area contributed by atoms with Crippen LogP contribution >= 0.6 is 0 Å². The number of hydrogen-bond donors (Lipinski definition) is 1. The molecule has 0 aliphatic heterocycles. The van der Waals surface area contributed by atoms with E-state index in [0.29, 0.717) is 17.0 Å². The molecule has 1 unspecified atom stereocenters. The maximum atomic E-state index is 12.2. The number of nitro groups is 1. The van der Waals surface area contributed by atoms with Crippen LogP contribution < -0.4 is 10.1 Å². The zero-order chi connectivity index (χ0) is 17.0. The minimum absolute atomic E-state index is 0.00953. The summed E-state index contributed by atoms with van der Waals surface area (Å²) in [6.07, 6.45) is -0.689. The van der Waals surface area contributed by atoms with Crippen molar-refractivity contribution in [3.63, 3.8) is 0 Å². The highest BCUT2D eigenvalue weighted by atomic mass is 16.6. The van der Waals surface area contributed by atoms with Crippen LogP contribution in [-0.4, -0.2) is 16.9 Å². The Morgan fingerprint density at radius 2 is 1.87 bits per heavy atom. The smallest absolute Gasteiger partial charge is 0.269 e. The molecule has 0 fully saturated rings. The van der Waals surface area contributed by atoms with Crippen LogP contribution in [0.4, 0.5) is 11.4 Å². The summed E-state index contributed by atoms with van der Waals surface area (Å²) >= 11 is 0. The molecule has 0 saturated carbocycles. The second-order valence-electron chi connectivity index (χ2n) is 5.27. The van der Waals surface area contributed by atoms with Gasteiger partial charge in [0.1, 0.15) is 5.75 Å². The Labute approximate surface area is 134 Å². The average Bonchev–Trinajstić information content (AvgIpc) is 2.51. The third-order valence-electron chi connectivity index (χ3n) is 3.45. The van der Waals surface area contributed by atoms with E-state index < -0.39 is 11.0 Å². The number of carbonyl (C=O) groups is 1. The van der Waals surface area contributed by atoms with Gasteiger partial charge in [-0.25, -0.2) is 0 Å². The number of non-ortho nitro benzene ring substituents is 1. The van der Waals surface area contributed by atoms with Crippen molar-refractivity contribution in [1.29, 1.82) is 0 Å². The summed E-state index contributed by atoms with van der Waals surface area (Å²) in [7, 11) is 0. The summed E-state index contributed by atoms with van der Waals surface area (Å²) in [5.74, 6) is 0.334. The Morgan fingerprint density at radius 3 is 2.48 bits per heavy atom. The fourth-order valence-electron chi connectivity index (χ4n) is 2.07. The lowest BCUT2D eigenvalue weighted by Gasteiger charge is -2.17. The first-order chi connectivity index (χ1) is 10.9. The lowest BCUT2D eigenvalue weighted by atomic mass is 10.1. The predicted molar refractivity (Wildman–Crippen MR) is 87.7 cm³/mol. The highest BCUT2D eigenvalue weighted by Gasteiger charge is 2.17. The molecule has 0 aromatic heterocycles. The van der Waals surface area contributed by atoms with Gasteiger partial charge < -0.3 is 10.1 Å². The molecule has 0 bridgehead atoms. The minimum atomic E-state index is -0.689. The Morgan fingerprint density at radius 1 is 1.17 bits per heavy atom. The summed E-state index contributed by atoms with van der Waals surface area (Å²) in [6, 6.07) is 11.7. The zero-order valence-electron chi connectivity index (χ0n) is 13.2. The highest BCUT2D eigenvalue weighted by molar-refractivity contribution is 5.94. The van der Waals surface area contributed by atoms with E-state index in [1.54, 1.807) is 19.9 Å². The van der Waals surface area contributed by atoms with E-state index in [4.69, 9.17) is 4.74 Å². The number of nitro benzene ring substituents is 1. The van der Waals surface area contributed by atoms with Crippen LogP contribution in [0, 0.1) is 24.0 Å². The third kappa shape index (κ3) is 4.06. The van der Waals surface area contributed by atoms with Crippen molar-refractivity contribution >= 4 is 17.3 Å². The maximum Gasteiger partial charge on any atom is 0.269 e. The fraction of sp³-hybridized carbons (Fsp3) is 0.235. The summed E-state index contributed by atoms with van der Waals surface area (Å²) in [4.78, 5) is 22.5. The predicted octanol–water partition coefficient (Wildman–Crippen LogP) is 3.62. The van der Waals surface area contributed by atoms with Gasteiger partial charge in [-0.15, -0.1) is 0 Å². The topological polar surface area (TPSA) is 81.5 Å². The largest absolute Gasteiger partial charge is 0.481 e. The average molecular weight is 314 g/mol. The van der Waals surface area contributed by atoms with E-state index in [0.717, 1.165) is 5.56 Å². The SMILES string of the molecule is Cc1cc([N+](=O)[O-])ccc1NC(=O)C(C)Oc1ccccc1C. The van der Waals surface area contributed by atoms with Crippen LogP contribution in [-0.2, 0) is 4.79 Å². The number of anilines is 1. The van der Waals surface area contributed by atoms with E-state index in [1.165, 1.54) is 18.2 Å². The van der Waals surface area contributed by atoms with Gasteiger partial charge in [0.2, 0.25) is 0 Å². The normalized spacial score (nSPS) is 11.6. The van der Waals surface area contributed by atoms with Crippen LogP contribution in [0.1, 0.15) is 18.1 Å². The Balaban J connectivity index is 2.07. The number of rotatable bonds is 5. The van der Waals surface area contributed by atoms with E-state index in [2.05, 4.69) is 5.32 Å². The van der Waals surface area contributed by atoms with Gasteiger partial charge in [-0.1, -0.05) is 18.2 Å². The Kier molecular flexibility index (Phi) is 4.95. The molecule has 0 saturated heterocycles. The van der Waals surface area contributed by atoms with Gasteiger partial charge in [-0.2, -0.15) is 0 Å². The molecule has 6 nitrogen and oxygen atoms in total. The van der Waals surface area contributed by atoms with Crippen molar-refractivity contribution in [1.82, 2.24) is 0 Å². The second-order valence-corrected chi connectivity index (χ2v) is 5.27. The molecule has 0 aliphatic rings. The van der Waals surface area contributed by atoms with E-state index in [1.807, 2.05) is 25.1 Å². The molecule has 0 radical (unpaired) electrons. The maximum absolute atomic E-state index is 12.2. The molecule has 2 aromatic rings. The summed E-state index contributed by atoms with van der Waals surface area (Å²) in [5, 5.41) is 13.5. The van der Waals surface area contributed by atoms with Crippen molar-refractivity contribution in [3.05, 3.63) is 63.7 Å². The van der Waals surface area contributed by atoms with Gasteiger partial charge in [0.05, 0.1) is 4.92 Å². The molecule has 1 amide bonds. The molecule has 23 heavy (non-hydrogen) atoms. The fourth-order valence-corrected chi connectivity index (χ4v) is 2.07. The number of para-hydroxylation sites is 1. The van der Waals surface area contributed by atoms with Crippen molar-refractivity contribution in [2.45, 2.75) is 26.9 Å². The Hall–Kier alpha value is -2.89. The molecule has 0 spiro atoms. The number of carbonyl (C=O) groups excluding carboxylic acids is 1. The standard InChI is InChI=1S/C17H18N2O4/c1-11-6-4-5-7-16(11)23-13(3)17(20)18-15-9-8-14(19(21)22)10-12(15)2/h4-10,13H,1-3H3,(H,18,20). The van der Waals surface area contributed by atoms with Crippen LogP contribution in [0.25, 0.3) is 0 Å². The monoisotopic (exact) mass is 314 g/mol. The number of amides is 1. The van der Waals surface area contributed by atoms with Crippen LogP contribution in [0.3, 0.4) is 0 Å². The second kappa shape index (κ2) is 6.91. The van der Waals surface area contributed by atoms with Gasteiger partial charge >= 0.3 is 0 Å². The molecule has 0 aliphatic carbocycles. The summed E-state index contributed by atoms with van der Waals surface area (Å²) < 4.78 is 5.66. The van der Waals surface area contributed by atoms with Gasteiger partial charge in [0.15, 0.2) is 6.10 Å². The summed E-state index contributed by atoms with van der Waals surface area (Å²) in [5.41, 5.74) is 2.08. The van der Waals surface area contributed by atoms with Crippen molar-refractivity contribution in [3.8, 4) is 5.75 Å². The lowest BCUT2D eigenvalue weighted by molar-refractivity contribution is -0.384. The molecule has 2 aromatic carbocycles. The van der Waals surface area contributed by atoms with Crippen molar-refractivity contribution < 1.29 is 14.5 Å². The van der Waals surface area contributed by atoms with Gasteiger partial charge in [0.25, 0.3) is 11.6 Å². The van der Waals surface area contributed by atoms with Crippen LogP contribution in [0.15, 0.2) is 42.5 Å². The zero-order valence-corrected chi connectivity index (χ0v) is 13.2.